The molecule has 1 unspecified atom stereocenters. The molecule has 2 aromatic carbocycles. The Labute approximate surface area is 224 Å². The lowest BCUT2D eigenvalue weighted by Gasteiger charge is -2.31. The fraction of sp³-hybridized carbons (Fsp3) is 0.517. The Morgan fingerprint density at radius 1 is 1.00 bits per heavy atom. The van der Waals surface area contributed by atoms with Crippen molar-refractivity contribution >= 4 is 35.1 Å². The maximum Gasteiger partial charge on any atom is 0.349 e. The van der Waals surface area contributed by atoms with Gasteiger partial charge in [0.1, 0.15) is 5.75 Å². The molecule has 1 atom stereocenters. The van der Waals surface area contributed by atoms with Crippen LogP contribution in [0.2, 0.25) is 10.0 Å². The van der Waals surface area contributed by atoms with Gasteiger partial charge in [-0.25, -0.2) is 4.79 Å². The molecule has 0 spiro atoms. The average molecular weight is 533 g/mol. The third-order valence-corrected chi connectivity index (χ3v) is 8.22. The zero-order valence-electron chi connectivity index (χ0n) is 21.3. The Hall–Kier alpha value is -2.24. The summed E-state index contributed by atoms with van der Waals surface area (Å²) in [6, 6.07) is 11.7. The average Bonchev–Trinajstić information content (AvgIpc) is 3.23. The Morgan fingerprint density at radius 3 is 2.36 bits per heavy atom. The van der Waals surface area contributed by atoms with Crippen LogP contribution in [0.3, 0.4) is 0 Å². The summed E-state index contributed by atoms with van der Waals surface area (Å²) in [5.41, 5.74) is 1.51. The van der Waals surface area contributed by atoms with Gasteiger partial charge in [-0.2, -0.15) is 0 Å². The van der Waals surface area contributed by atoms with Gasteiger partial charge in [-0.3, -0.25) is 4.79 Å². The van der Waals surface area contributed by atoms with Gasteiger partial charge >= 0.3 is 5.97 Å². The molecule has 5 nitrogen and oxygen atoms in total. The van der Waals surface area contributed by atoms with Crippen LogP contribution in [0.4, 0.5) is 0 Å². The number of ether oxygens (including phenoxy) is 2. The van der Waals surface area contributed by atoms with Crippen molar-refractivity contribution in [3.8, 4) is 16.9 Å². The Kier molecular flexibility index (Phi) is 8.52. The second-order valence-corrected chi connectivity index (χ2v) is 11.0. The van der Waals surface area contributed by atoms with Gasteiger partial charge in [-0.05, 0) is 69.7 Å². The summed E-state index contributed by atoms with van der Waals surface area (Å²) in [6.45, 7) is 6.27. The summed E-state index contributed by atoms with van der Waals surface area (Å²) in [6.07, 6.45) is 7.46. The number of rotatable bonds is 8. The molecule has 2 aliphatic rings. The first-order valence-electron chi connectivity index (χ1n) is 12.9. The molecule has 0 aromatic heterocycles. The lowest BCUT2D eigenvalue weighted by Crippen LogP contribution is -2.39. The fourth-order valence-electron chi connectivity index (χ4n) is 5.29. The number of amides is 1. The Balaban J connectivity index is 1.44. The molecule has 4 rings (SSSR count). The highest BCUT2D eigenvalue weighted by molar-refractivity contribution is 6.44. The van der Waals surface area contributed by atoms with Gasteiger partial charge in [0.2, 0.25) is 5.91 Å². The highest BCUT2D eigenvalue weighted by atomic mass is 35.5. The van der Waals surface area contributed by atoms with E-state index < -0.39 is 11.6 Å². The molecule has 1 amide bonds. The van der Waals surface area contributed by atoms with E-state index in [4.69, 9.17) is 32.7 Å². The minimum atomic E-state index is -1.09. The lowest BCUT2D eigenvalue weighted by atomic mass is 9.93. The monoisotopic (exact) mass is 531 g/mol. The van der Waals surface area contributed by atoms with E-state index in [2.05, 4.69) is 4.90 Å². The molecule has 36 heavy (non-hydrogen) atoms. The number of halogens is 2. The van der Waals surface area contributed by atoms with Crippen LogP contribution in [0.1, 0.15) is 64.9 Å². The number of likely N-dealkylation sites (tertiary alicyclic amines) is 1. The minimum absolute atomic E-state index is 0.0365. The van der Waals surface area contributed by atoms with Crippen LogP contribution in [0.25, 0.3) is 11.1 Å². The van der Waals surface area contributed by atoms with Crippen molar-refractivity contribution < 1.29 is 19.1 Å². The van der Waals surface area contributed by atoms with Crippen molar-refractivity contribution in [3.63, 3.8) is 0 Å². The standard InChI is InChI=1S/C29H35Cl2NO4/c1-4-35-28(34)29(2,3)36-23-13-10-19(11-14-23)24-15-12-20(25(30)26(24)31)18-21-16-17-32(27(21)33)22-8-6-5-7-9-22/h10-15,21-22H,4-9,16-18H2,1-3H3. The molecule has 194 valence electrons. The van der Waals surface area contributed by atoms with E-state index in [1.54, 1.807) is 32.9 Å². The van der Waals surface area contributed by atoms with E-state index in [-0.39, 0.29) is 11.8 Å². The Bertz CT molecular complexity index is 1090. The highest BCUT2D eigenvalue weighted by Gasteiger charge is 2.36. The van der Waals surface area contributed by atoms with Gasteiger partial charge in [0.25, 0.3) is 0 Å². The number of nitrogens with zero attached hydrogens (tertiary/aromatic N) is 1. The van der Waals surface area contributed by atoms with Crippen molar-refractivity contribution in [1.29, 1.82) is 0 Å². The molecular formula is C29H35Cl2NO4. The summed E-state index contributed by atoms with van der Waals surface area (Å²) in [7, 11) is 0. The van der Waals surface area contributed by atoms with Crippen LogP contribution in [0, 0.1) is 5.92 Å². The topological polar surface area (TPSA) is 55.8 Å². The number of carbonyl (C=O) groups excluding carboxylic acids is 2. The lowest BCUT2D eigenvalue weighted by molar-refractivity contribution is -0.158. The number of hydrogen-bond donors (Lipinski definition) is 0. The third kappa shape index (κ3) is 5.84. The zero-order valence-corrected chi connectivity index (χ0v) is 22.8. The van der Waals surface area contributed by atoms with Gasteiger partial charge in [-0.15, -0.1) is 0 Å². The zero-order chi connectivity index (χ0) is 25.9. The van der Waals surface area contributed by atoms with E-state index in [9.17, 15) is 9.59 Å². The fourth-order valence-corrected chi connectivity index (χ4v) is 5.82. The van der Waals surface area contributed by atoms with E-state index in [1.165, 1.54) is 19.3 Å². The second kappa shape index (κ2) is 11.4. The molecule has 1 saturated heterocycles. The maximum atomic E-state index is 13.1. The number of benzene rings is 2. The number of esters is 1. The normalized spacial score (nSPS) is 19.0. The van der Waals surface area contributed by atoms with Crippen LogP contribution in [0.5, 0.6) is 5.75 Å². The molecule has 2 aromatic rings. The third-order valence-electron chi connectivity index (χ3n) is 7.30. The largest absolute Gasteiger partial charge is 0.476 e. The van der Waals surface area contributed by atoms with Crippen LogP contribution < -0.4 is 4.74 Å². The summed E-state index contributed by atoms with van der Waals surface area (Å²) in [5.74, 6) is 0.366. The number of hydrogen-bond acceptors (Lipinski definition) is 4. The highest BCUT2D eigenvalue weighted by Crippen LogP contribution is 2.39. The second-order valence-electron chi connectivity index (χ2n) is 10.3. The van der Waals surface area contributed by atoms with Crippen molar-refractivity contribution in [3.05, 3.63) is 52.0 Å². The van der Waals surface area contributed by atoms with E-state index in [1.807, 2.05) is 24.3 Å². The maximum absolute atomic E-state index is 13.1. The van der Waals surface area contributed by atoms with Crippen molar-refractivity contribution in [2.45, 2.75) is 77.4 Å². The molecule has 0 bridgehead atoms. The summed E-state index contributed by atoms with van der Waals surface area (Å²) in [5, 5.41) is 0.978. The van der Waals surface area contributed by atoms with Gasteiger partial charge in [-0.1, -0.05) is 66.7 Å². The summed E-state index contributed by atoms with van der Waals surface area (Å²) in [4.78, 5) is 27.3. The molecular weight excluding hydrogens is 497 g/mol. The van der Waals surface area contributed by atoms with Gasteiger partial charge in [0.15, 0.2) is 5.60 Å². The SMILES string of the molecule is CCOC(=O)C(C)(C)Oc1ccc(-c2ccc(CC3CCN(C4CCCCC4)C3=O)c(Cl)c2Cl)cc1. The molecule has 1 heterocycles. The predicted molar refractivity (Wildman–Crippen MR) is 144 cm³/mol. The van der Waals surface area contributed by atoms with Crippen LogP contribution in [-0.2, 0) is 20.7 Å². The van der Waals surface area contributed by atoms with Crippen LogP contribution >= 0.6 is 23.2 Å². The summed E-state index contributed by atoms with van der Waals surface area (Å²) >= 11 is 13.4. The Morgan fingerprint density at radius 2 is 1.69 bits per heavy atom. The first-order chi connectivity index (χ1) is 17.2. The van der Waals surface area contributed by atoms with Crippen molar-refractivity contribution in [2.24, 2.45) is 5.92 Å². The van der Waals surface area contributed by atoms with Crippen LogP contribution in [-0.4, -0.2) is 41.6 Å². The summed E-state index contributed by atoms with van der Waals surface area (Å²) < 4.78 is 10.9. The molecule has 0 N–H and O–H groups in total. The predicted octanol–water partition coefficient (Wildman–Crippen LogP) is 7.10. The molecule has 2 fully saturated rings. The van der Waals surface area contributed by atoms with Crippen molar-refractivity contribution in [2.75, 3.05) is 13.2 Å². The first kappa shape index (κ1) is 26.8. The van der Waals surface area contributed by atoms with Crippen molar-refractivity contribution in [1.82, 2.24) is 4.90 Å². The van der Waals surface area contributed by atoms with E-state index in [0.29, 0.717) is 34.9 Å². The number of carbonyl (C=O) groups is 2. The molecule has 1 aliphatic carbocycles. The minimum Gasteiger partial charge on any atom is -0.476 e. The van der Waals surface area contributed by atoms with Crippen LogP contribution in [0.15, 0.2) is 36.4 Å². The molecule has 7 heteroatoms. The molecule has 1 saturated carbocycles. The first-order valence-corrected chi connectivity index (χ1v) is 13.7. The van der Waals surface area contributed by atoms with Gasteiger partial charge in [0.05, 0.1) is 16.7 Å². The molecule has 1 aliphatic heterocycles. The van der Waals surface area contributed by atoms with Gasteiger partial charge in [0, 0.05) is 24.1 Å². The van der Waals surface area contributed by atoms with E-state index >= 15 is 0 Å². The van der Waals surface area contributed by atoms with Gasteiger partial charge < -0.3 is 14.4 Å². The molecule has 0 radical (unpaired) electrons. The van der Waals surface area contributed by atoms with E-state index in [0.717, 1.165) is 42.5 Å². The smallest absolute Gasteiger partial charge is 0.349 e. The quantitative estimate of drug-likeness (QED) is 0.340.